The van der Waals surface area contributed by atoms with E-state index in [1.165, 1.54) is 23.0 Å². The fraction of sp³-hybridized carbons (Fsp3) is 0.118. The average molecular weight is 345 g/mol. The van der Waals surface area contributed by atoms with Crippen molar-refractivity contribution in [1.29, 1.82) is 0 Å². The van der Waals surface area contributed by atoms with Crippen molar-refractivity contribution >= 4 is 17.5 Å². The number of halogens is 2. The van der Waals surface area contributed by atoms with Gasteiger partial charge in [-0.15, -0.1) is 0 Å². The Hall–Kier alpha value is -2.73. The van der Waals surface area contributed by atoms with Gasteiger partial charge in [0.2, 0.25) is 0 Å². The van der Waals surface area contributed by atoms with Crippen molar-refractivity contribution < 1.29 is 9.18 Å². The maximum atomic E-state index is 13.1. The van der Waals surface area contributed by atoms with Crippen molar-refractivity contribution in [3.05, 3.63) is 76.8 Å². The van der Waals surface area contributed by atoms with Crippen molar-refractivity contribution in [2.24, 2.45) is 0 Å². The molecule has 0 fully saturated rings. The Morgan fingerprint density at radius 3 is 2.75 bits per heavy atom. The Labute approximate surface area is 143 Å². The van der Waals surface area contributed by atoms with Crippen LogP contribution in [0.15, 0.2) is 54.7 Å². The van der Waals surface area contributed by atoms with Gasteiger partial charge in [0.1, 0.15) is 5.82 Å². The molecule has 1 amide bonds. The topological polar surface area (TPSA) is 59.8 Å². The summed E-state index contributed by atoms with van der Waals surface area (Å²) in [7, 11) is 0. The predicted molar refractivity (Wildman–Crippen MR) is 88.8 cm³/mol. The molecule has 0 bridgehead atoms. The predicted octanol–water partition coefficient (Wildman–Crippen LogP) is 3.03. The van der Waals surface area contributed by atoms with E-state index in [0.29, 0.717) is 18.5 Å². The van der Waals surface area contributed by atoms with E-state index in [1.54, 1.807) is 6.20 Å². The Kier molecular flexibility index (Phi) is 4.86. The van der Waals surface area contributed by atoms with E-state index in [9.17, 15) is 9.18 Å². The molecule has 1 aromatic heterocycles. The van der Waals surface area contributed by atoms with Crippen LogP contribution in [0, 0.1) is 5.82 Å². The number of rotatable bonds is 5. The fourth-order valence-corrected chi connectivity index (χ4v) is 2.32. The number of benzene rings is 2. The number of aromatic nitrogens is 3. The Bertz CT molecular complexity index is 851. The molecule has 0 aliphatic rings. The lowest BCUT2D eigenvalue weighted by Gasteiger charge is -2.04. The first kappa shape index (κ1) is 16.1. The van der Waals surface area contributed by atoms with Gasteiger partial charge in [0.05, 0.1) is 22.6 Å². The second kappa shape index (κ2) is 7.23. The molecule has 0 saturated carbocycles. The third kappa shape index (κ3) is 3.78. The number of nitrogens with zero attached hydrogens (tertiary/aromatic N) is 3. The van der Waals surface area contributed by atoms with Crippen LogP contribution in [0.3, 0.4) is 0 Å². The summed E-state index contributed by atoms with van der Waals surface area (Å²) in [6, 6.07) is 13.4. The van der Waals surface area contributed by atoms with Gasteiger partial charge in [-0.1, -0.05) is 29.8 Å². The Morgan fingerprint density at radius 1 is 1.21 bits per heavy atom. The zero-order valence-electron chi connectivity index (χ0n) is 12.6. The van der Waals surface area contributed by atoms with Crippen LogP contribution in [0.4, 0.5) is 4.39 Å². The molecular weight excluding hydrogens is 331 g/mol. The number of hydrogen-bond donors (Lipinski definition) is 1. The lowest BCUT2D eigenvalue weighted by Crippen LogP contribution is -2.25. The highest BCUT2D eigenvalue weighted by molar-refractivity contribution is 6.31. The average Bonchev–Trinajstić information content (AvgIpc) is 3.07. The van der Waals surface area contributed by atoms with E-state index in [-0.39, 0.29) is 10.9 Å². The highest BCUT2D eigenvalue weighted by atomic mass is 35.5. The minimum atomic E-state index is -0.550. The SMILES string of the molecule is O=C(NCCc1cnn(-c2ccccc2)n1)c1ccc(F)c(Cl)c1. The molecule has 0 atom stereocenters. The van der Waals surface area contributed by atoms with Crippen molar-refractivity contribution in [3.63, 3.8) is 0 Å². The minimum absolute atomic E-state index is 0.0755. The van der Waals surface area contributed by atoms with Crippen molar-refractivity contribution in [1.82, 2.24) is 20.3 Å². The fourth-order valence-electron chi connectivity index (χ4n) is 2.14. The van der Waals surface area contributed by atoms with Crippen LogP contribution in [0.5, 0.6) is 0 Å². The number of para-hydroxylation sites is 1. The number of nitrogens with one attached hydrogen (secondary N) is 1. The van der Waals surface area contributed by atoms with Crippen molar-refractivity contribution in [3.8, 4) is 5.69 Å². The molecule has 0 aliphatic heterocycles. The van der Waals surface area contributed by atoms with Gasteiger partial charge in [-0.3, -0.25) is 4.79 Å². The molecule has 122 valence electrons. The van der Waals surface area contributed by atoms with E-state index < -0.39 is 5.82 Å². The van der Waals surface area contributed by atoms with Gasteiger partial charge in [0, 0.05) is 18.5 Å². The lowest BCUT2D eigenvalue weighted by atomic mass is 10.2. The Balaban J connectivity index is 1.56. The molecule has 0 saturated heterocycles. The first-order valence-electron chi connectivity index (χ1n) is 7.33. The first-order chi connectivity index (χ1) is 11.6. The molecule has 2 aromatic carbocycles. The zero-order valence-corrected chi connectivity index (χ0v) is 13.4. The van der Waals surface area contributed by atoms with Crippen LogP contribution in [0.1, 0.15) is 16.1 Å². The standard InChI is InChI=1S/C17H14ClFN4O/c18-15-10-12(6-7-16(15)19)17(24)20-9-8-13-11-21-23(22-13)14-4-2-1-3-5-14/h1-7,10-11H,8-9H2,(H,20,24). The van der Waals surface area contributed by atoms with E-state index in [0.717, 1.165) is 11.4 Å². The van der Waals surface area contributed by atoms with Gasteiger partial charge in [0.15, 0.2) is 0 Å². The van der Waals surface area contributed by atoms with Gasteiger partial charge >= 0.3 is 0 Å². The molecule has 3 aromatic rings. The summed E-state index contributed by atoms with van der Waals surface area (Å²) < 4.78 is 13.1. The smallest absolute Gasteiger partial charge is 0.251 e. The molecule has 1 N–H and O–H groups in total. The second-order valence-electron chi connectivity index (χ2n) is 5.10. The summed E-state index contributed by atoms with van der Waals surface area (Å²) in [6.45, 7) is 0.390. The monoisotopic (exact) mass is 344 g/mol. The molecule has 7 heteroatoms. The highest BCUT2D eigenvalue weighted by Gasteiger charge is 2.09. The number of hydrogen-bond acceptors (Lipinski definition) is 3. The molecule has 0 radical (unpaired) electrons. The van der Waals surface area contributed by atoms with Crippen LogP contribution in [0.2, 0.25) is 5.02 Å². The number of carbonyl (C=O) groups excluding carboxylic acids is 1. The molecule has 5 nitrogen and oxygen atoms in total. The molecule has 1 heterocycles. The van der Waals surface area contributed by atoms with Crippen molar-refractivity contribution in [2.45, 2.75) is 6.42 Å². The molecule has 0 spiro atoms. The Morgan fingerprint density at radius 2 is 2.00 bits per heavy atom. The van der Waals surface area contributed by atoms with Crippen LogP contribution >= 0.6 is 11.6 Å². The number of amides is 1. The third-order valence-corrected chi connectivity index (χ3v) is 3.66. The molecule has 0 aliphatic carbocycles. The third-order valence-electron chi connectivity index (χ3n) is 3.37. The minimum Gasteiger partial charge on any atom is -0.352 e. The summed E-state index contributed by atoms with van der Waals surface area (Å²) in [5.41, 5.74) is 1.94. The van der Waals surface area contributed by atoms with Crippen LogP contribution in [-0.4, -0.2) is 27.4 Å². The molecule has 3 rings (SSSR count). The van der Waals surface area contributed by atoms with E-state index in [1.807, 2.05) is 30.3 Å². The van der Waals surface area contributed by atoms with Gasteiger partial charge in [-0.25, -0.2) is 4.39 Å². The molecule has 24 heavy (non-hydrogen) atoms. The second-order valence-corrected chi connectivity index (χ2v) is 5.50. The largest absolute Gasteiger partial charge is 0.352 e. The zero-order chi connectivity index (χ0) is 16.9. The molecule has 0 unspecified atom stereocenters. The normalized spacial score (nSPS) is 10.6. The van der Waals surface area contributed by atoms with Crippen LogP contribution in [-0.2, 0) is 6.42 Å². The lowest BCUT2D eigenvalue weighted by molar-refractivity contribution is 0.0954. The molecular formula is C17H14ClFN4O. The summed E-state index contributed by atoms with van der Waals surface area (Å²) in [5, 5.41) is 11.2. The maximum Gasteiger partial charge on any atom is 0.251 e. The van der Waals surface area contributed by atoms with Crippen molar-refractivity contribution in [2.75, 3.05) is 6.54 Å². The highest BCUT2D eigenvalue weighted by Crippen LogP contribution is 2.15. The van der Waals surface area contributed by atoms with Crippen LogP contribution < -0.4 is 5.32 Å². The van der Waals surface area contributed by atoms with Crippen LogP contribution in [0.25, 0.3) is 5.69 Å². The van der Waals surface area contributed by atoms with Gasteiger partial charge < -0.3 is 5.32 Å². The maximum absolute atomic E-state index is 13.1. The van der Waals surface area contributed by atoms with Gasteiger partial charge in [-0.2, -0.15) is 15.0 Å². The van der Waals surface area contributed by atoms with Gasteiger partial charge in [-0.05, 0) is 30.3 Å². The summed E-state index contributed by atoms with van der Waals surface area (Å²) >= 11 is 5.67. The summed E-state index contributed by atoms with van der Waals surface area (Å²) in [5.74, 6) is -0.863. The van der Waals surface area contributed by atoms with Gasteiger partial charge in [0.25, 0.3) is 5.91 Å². The van der Waals surface area contributed by atoms with E-state index in [4.69, 9.17) is 11.6 Å². The summed E-state index contributed by atoms with van der Waals surface area (Å²) in [6.07, 6.45) is 2.20. The quantitative estimate of drug-likeness (QED) is 0.774. The van der Waals surface area contributed by atoms with E-state index in [2.05, 4.69) is 15.5 Å². The first-order valence-corrected chi connectivity index (χ1v) is 7.71. The summed E-state index contributed by atoms with van der Waals surface area (Å²) in [4.78, 5) is 13.5. The number of carbonyl (C=O) groups is 1. The van der Waals surface area contributed by atoms with E-state index >= 15 is 0 Å².